The lowest BCUT2D eigenvalue weighted by Gasteiger charge is -2.14. The van der Waals surface area contributed by atoms with Crippen molar-refractivity contribution in [2.45, 2.75) is 20.3 Å². The molecule has 0 saturated heterocycles. The minimum absolute atomic E-state index is 0.306. The molecule has 0 aromatic heterocycles. The first-order valence-corrected chi connectivity index (χ1v) is 7.27. The molecule has 0 unspecified atom stereocenters. The molecular formula is C16H14BrF2NO. The molecule has 0 spiro atoms. The van der Waals surface area contributed by atoms with E-state index in [1.165, 1.54) is 0 Å². The van der Waals surface area contributed by atoms with E-state index in [4.69, 9.17) is 0 Å². The van der Waals surface area contributed by atoms with Gasteiger partial charge in [-0.15, -0.1) is 0 Å². The number of amides is 1. The van der Waals surface area contributed by atoms with Gasteiger partial charge in [-0.3, -0.25) is 4.79 Å². The van der Waals surface area contributed by atoms with E-state index in [1.54, 1.807) is 0 Å². The standard InChI is InChI=1S/C16H14BrF2NO/c1-3-10-7-11(17)6-9(2)15(10)20-16(21)13-8-12(18)4-5-14(13)19/h4-8H,3H2,1-2H3,(H,20,21). The van der Waals surface area contributed by atoms with Gasteiger partial charge in [-0.2, -0.15) is 0 Å². The quantitative estimate of drug-likeness (QED) is 0.839. The zero-order valence-electron chi connectivity index (χ0n) is 11.6. The van der Waals surface area contributed by atoms with Gasteiger partial charge in [0.15, 0.2) is 0 Å². The van der Waals surface area contributed by atoms with Crippen LogP contribution in [0.15, 0.2) is 34.8 Å². The molecule has 2 nitrogen and oxygen atoms in total. The highest BCUT2D eigenvalue weighted by Crippen LogP contribution is 2.27. The number of aryl methyl sites for hydroxylation is 2. The molecule has 0 radical (unpaired) electrons. The van der Waals surface area contributed by atoms with Gasteiger partial charge >= 0.3 is 0 Å². The molecule has 2 rings (SSSR count). The van der Waals surface area contributed by atoms with Crippen molar-refractivity contribution in [3.63, 3.8) is 0 Å². The van der Waals surface area contributed by atoms with Gasteiger partial charge < -0.3 is 5.32 Å². The van der Waals surface area contributed by atoms with E-state index >= 15 is 0 Å². The molecule has 0 aliphatic rings. The van der Waals surface area contributed by atoms with Crippen LogP contribution in [0.4, 0.5) is 14.5 Å². The van der Waals surface area contributed by atoms with Crippen molar-refractivity contribution in [2.75, 3.05) is 5.32 Å². The Morgan fingerprint density at radius 3 is 2.62 bits per heavy atom. The molecule has 0 aliphatic heterocycles. The Labute approximate surface area is 130 Å². The number of nitrogens with one attached hydrogen (secondary N) is 1. The highest BCUT2D eigenvalue weighted by molar-refractivity contribution is 9.10. The van der Waals surface area contributed by atoms with Crippen molar-refractivity contribution in [1.29, 1.82) is 0 Å². The van der Waals surface area contributed by atoms with Crippen LogP contribution in [0, 0.1) is 18.6 Å². The van der Waals surface area contributed by atoms with Crippen molar-refractivity contribution < 1.29 is 13.6 Å². The maximum absolute atomic E-state index is 13.6. The maximum Gasteiger partial charge on any atom is 0.258 e. The van der Waals surface area contributed by atoms with Crippen molar-refractivity contribution in [3.05, 3.63) is 63.1 Å². The fraction of sp³-hybridized carbons (Fsp3) is 0.188. The number of rotatable bonds is 3. The molecule has 0 saturated carbocycles. The Balaban J connectivity index is 2.38. The Bertz CT molecular complexity index is 701. The van der Waals surface area contributed by atoms with Gasteiger partial charge in [-0.1, -0.05) is 22.9 Å². The number of carbonyl (C=O) groups excluding carboxylic acids is 1. The van der Waals surface area contributed by atoms with Crippen LogP contribution in [0.1, 0.15) is 28.4 Å². The fourth-order valence-electron chi connectivity index (χ4n) is 2.12. The first kappa shape index (κ1) is 15.6. The van der Waals surface area contributed by atoms with Crippen LogP contribution >= 0.6 is 15.9 Å². The zero-order chi connectivity index (χ0) is 15.6. The number of carbonyl (C=O) groups is 1. The summed E-state index contributed by atoms with van der Waals surface area (Å²) in [5.41, 5.74) is 2.10. The van der Waals surface area contributed by atoms with E-state index < -0.39 is 17.5 Å². The fourth-order valence-corrected chi connectivity index (χ4v) is 2.74. The Morgan fingerprint density at radius 1 is 1.24 bits per heavy atom. The second-order valence-corrected chi connectivity index (χ2v) is 5.60. The third kappa shape index (κ3) is 3.47. The smallest absolute Gasteiger partial charge is 0.258 e. The SMILES string of the molecule is CCc1cc(Br)cc(C)c1NC(=O)c1cc(F)ccc1F. The summed E-state index contributed by atoms with van der Waals surface area (Å²) >= 11 is 3.40. The average Bonchev–Trinajstić information content (AvgIpc) is 2.43. The van der Waals surface area contributed by atoms with E-state index in [0.717, 1.165) is 33.8 Å². The van der Waals surface area contributed by atoms with Crippen LogP contribution in [0.25, 0.3) is 0 Å². The van der Waals surface area contributed by atoms with Gasteiger partial charge in [0.2, 0.25) is 0 Å². The van der Waals surface area contributed by atoms with E-state index in [1.807, 2.05) is 26.0 Å². The zero-order valence-corrected chi connectivity index (χ0v) is 13.2. The van der Waals surface area contributed by atoms with E-state index in [-0.39, 0.29) is 5.56 Å². The predicted molar refractivity (Wildman–Crippen MR) is 82.6 cm³/mol. The summed E-state index contributed by atoms with van der Waals surface area (Å²) in [6.07, 6.45) is 0.710. The molecule has 1 N–H and O–H groups in total. The minimum atomic E-state index is -0.748. The molecule has 0 atom stereocenters. The third-order valence-corrected chi connectivity index (χ3v) is 3.63. The van der Waals surface area contributed by atoms with Crippen molar-refractivity contribution in [2.24, 2.45) is 0 Å². The molecule has 5 heteroatoms. The van der Waals surface area contributed by atoms with Gasteiger partial charge in [0.1, 0.15) is 11.6 Å². The maximum atomic E-state index is 13.6. The summed E-state index contributed by atoms with van der Waals surface area (Å²) in [5, 5.41) is 2.67. The lowest BCUT2D eigenvalue weighted by molar-refractivity contribution is 0.102. The van der Waals surface area contributed by atoms with Crippen LogP contribution in [0.2, 0.25) is 0 Å². The van der Waals surface area contributed by atoms with Crippen LogP contribution in [0.5, 0.6) is 0 Å². The number of halogens is 3. The first-order valence-electron chi connectivity index (χ1n) is 6.47. The highest BCUT2D eigenvalue weighted by atomic mass is 79.9. The van der Waals surface area contributed by atoms with Gasteiger partial charge in [-0.05, 0) is 54.8 Å². The Morgan fingerprint density at radius 2 is 1.95 bits per heavy atom. The summed E-state index contributed by atoms with van der Waals surface area (Å²) in [5.74, 6) is -2.06. The Hall–Kier alpha value is -1.75. The molecule has 21 heavy (non-hydrogen) atoms. The van der Waals surface area contributed by atoms with Gasteiger partial charge in [0.05, 0.1) is 5.56 Å². The summed E-state index contributed by atoms with van der Waals surface area (Å²) < 4.78 is 27.7. The molecular weight excluding hydrogens is 340 g/mol. The molecule has 0 heterocycles. The van der Waals surface area contributed by atoms with E-state index in [9.17, 15) is 13.6 Å². The number of hydrogen-bond acceptors (Lipinski definition) is 1. The highest BCUT2D eigenvalue weighted by Gasteiger charge is 2.16. The molecule has 0 fully saturated rings. The van der Waals surface area contributed by atoms with Gasteiger partial charge in [-0.25, -0.2) is 8.78 Å². The van der Waals surface area contributed by atoms with Crippen LogP contribution in [-0.2, 0) is 6.42 Å². The lowest BCUT2D eigenvalue weighted by atomic mass is 10.1. The topological polar surface area (TPSA) is 29.1 Å². The average molecular weight is 354 g/mol. The normalized spacial score (nSPS) is 10.5. The summed E-state index contributed by atoms with van der Waals surface area (Å²) in [6.45, 7) is 3.81. The number of hydrogen-bond donors (Lipinski definition) is 1. The molecule has 110 valence electrons. The summed E-state index contributed by atoms with van der Waals surface area (Å²) in [6, 6.07) is 6.57. The predicted octanol–water partition coefficient (Wildman–Crippen LogP) is 4.85. The number of anilines is 1. The van der Waals surface area contributed by atoms with E-state index in [2.05, 4.69) is 21.2 Å². The van der Waals surface area contributed by atoms with Crippen molar-refractivity contribution in [1.82, 2.24) is 0 Å². The molecule has 2 aromatic carbocycles. The minimum Gasteiger partial charge on any atom is -0.321 e. The monoisotopic (exact) mass is 353 g/mol. The van der Waals surface area contributed by atoms with Crippen LogP contribution in [-0.4, -0.2) is 5.91 Å². The summed E-state index contributed by atoms with van der Waals surface area (Å²) in [7, 11) is 0. The third-order valence-electron chi connectivity index (χ3n) is 3.17. The molecule has 0 bridgehead atoms. The van der Waals surface area contributed by atoms with Crippen molar-refractivity contribution >= 4 is 27.5 Å². The lowest BCUT2D eigenvalue weighted by Crippen LogP contribution is -2.16. The largest absolute Gasteiger partial charge is 0.321 e. The van der Waals surface area contributed by atoms with E-state index in [0.29, 0.717) is 12.1 Å². The molecule has 0 aliphatic carbocycles. The molecule has 2 aromatic rings. The van der Waals surface area contributed by atoms with Gasteiger partial charge in [0.25, 0.3) is 5.91 Å². The van der Waals surface area contributed by atoms with Gasteiger partial charge in [0, 0.05) is 10.2 Å². The van der Waals surface area contributed by atoms with Crippen LogP contribution < -0.4 is 5.32 Å². The molecule has 1 amide bonds. The second-order valence-electron chi connectivity index (χ2n) is 4.69. The van der Waals surface area contributed by atoms with Crippen LogP contribution in [0.3, 0.4) is 0 Å². The number of benzene rings is 2. The first-order chi connectivity index (χ1) is 9.92. The van der Waals surface area contributed by atoms with Crippen molar-refractivity contribution in [3.8, 4) is 0 Å². The Kier molecular flexibility index (Phi) is 4.73. The second kappa shape index (κ2) is 6.35. The summed E-state index contributed by atoms with van der Waals surface area (Å²) in [4.78, 5) is 12.2.